The number of carbonyl (C=O) groups is 1. The summed E-state index contributed by atoms with van der Waals surface area (Å²) in [6.07, 6.45) is 3.18. The number of aryl methyl sites for hydroxylation is 1. The van der Waals surface area contributed by atoms with Crippen molar-refractivity contribution in [3.8, 4) is 0 Å². The molecule has 3 heterocycles. The SMILES string of the molecule is O=C(CCn1c(=O)[nH]c2ccccc21)N[C@@H]1COC2(CCNCC2)C1. The number of imidazole rings is 1. The highest BCUT2D eigenvalue weighted by molar-refractivity contribution is 5.77. The second-order valence-corrected chi connectivity index (χ2v) is 7.06. The number of amides is 1. The van der Waals surface area contributed by atoms with Crippen molar-refractivity contribution >= 4 is 16.9 Å². The first-order valence-corrected chi connectivity index (χ1v) is 8.97. The van der Waals surface area contributed by atoms with Gasteiger partial charge in [0.05, 0.1) is 29.3 Å². The summed E-state index contributed by atoms with van der Waals surface area (Å²) in [6.45, 7) is 2.91. The molecule has 1 aromatic carbocycles. The molecule has 134 valence electrons. The van der Waals surface area contributed by atoms with E-state index in [4.69, 9.17) is 4.74 Å². The minimum absolute atomic E-state index is 0.0308. The van der Waals surface area contributed by atoms with Crippen molar-refractivity contribution in [2.75, 3.05) is 19.7 Å². The van der Waals surface area contributed by atoms with Gasteiger partial charge in [-0.25, -0.2) is 4.79 Å². The van der Waals surface area contributed by atoms with Crippen LogP contribution in [0.2, 0.25) is 0 Å². The number of rotatable bonds is 4. The van der Waals surface area contributed by atoms with Gasteiger partial charge in [-0.2, -0.15) is 0 Å². The summed E-state index contributed by atoms with van der Waals surface area (Å²) in [5.74, 6) is -0.0308. The largest absolute Gasteiger partial charge is 0.373 e. The molecular weight excluding hydrogens is 320 g/mol. The standard InChI is InChI=1S/C18H24N4O3/c23-16(20-13-11-18(25-12-13)6-8-19-9-7-18)5-10-22-15-4-2-1-3-14(15)21-17(22)24/h1-4,13,19H,5-12H2,(H,20,23)(H,21,24)/t13-/m0/s1. The van der Waals surface area contributed by atoms with E-state index in [-0.39, 0.29) is 29.7 Å². The maximum absolute atomic E-state index is 12.3. The Morgan fingerprint density at radius 1 is 1.32 bits per heavy atom. The van der Waals surface area contributed by atoms with Crippen LogP contribution >= 0.6 is 0 Å². The van der Waals surface area contributed by atoms with E-state index < -0.39 is 0 Å². The number of benzene rings is 1. The highest BCUT2D eigenvalue weighted by Gasteiger charge is 2.41. The van der Waals surface area contributed by atoms with E-state index in [1.807, 2.05) is 24.3 Å². The molecule has 0 saturated carbocycles. The van der Waals surface area contributed by atoms with E-state index in [0.29, 0.717) is 13.2 Å². The second kappa shape index (κ2) is 6.65. The zero-order valence-corrected chi connectivity index (χ0v) is 14.2. The molecule has 1 atom stereocenters. The summed E-state index contributed by atoms with van der Waals surface area (Å²) < 4.78 is 7.63. The molecular formula is C18H24N4O3. The van der Waals surface area contributed by atoms with Gasteiger partial charge < -0.3 is 20.4 Å². The van der Waals surface area contributed by atoms with Crippen LogP contribution in [0.5, 0.6) is 0 Å². The summed E-state index contributed by atoms with van der Waals surface area (Å²) in [5.41, 5.74) is 1.40. The molecule has 25 heavy (non-hydrogen) atoms. The van der Waals surface area contributed by atoms with Crippen LogP contribution < -0.4 is 16.3 Å². The summed E-state index contributed by atoms with van der Waals surface area (Å²) >= 11 is 0. The molecule has 1 spiro atoms. The van der Waals surface area contributed by atoms with Gasteiger partial charge in [0.1, 0.15) is 0 Å². The van der Waals surface area contributed by atoms with E-state index in [9.17, 15) is 9.59 Å². The third-order valence-corrected chi connectivity index (χ3v) is 5.33. The lowest BCUT2D eigenvalue weighted by molar-refractivity contribution is -0.122. The molecule has 0 radical (unpaired) electrons. The first-order chi connectivity index (χ1) is 12.2. The van der Waals surface area contributed by atoms with Crippen molar-refractivity contribution in [3.05, 3.63) is 34.7 Å². The second-order valence-electron chi connectivity index (χ2n) is 7.06. The molecule has 7 nitrogen and oxygen atoms in total. The summed E-state index contributed by atoms with van der Waals surface area (Å²) in [7, 11) is 0. The van der Waals surface area contributed by atoms with E-state index >= 15 is 0 Å². The van der Waals surface area contributed by atoms with Crippen molar-refractivity contribution in [3.63, 3.8) is 0 Å². The van der Waals surface area contributed by atoms with E-state index in [1.54, 1.807) is 4.57 Å². The molecule has 0 unspecified atom stereocenters. The van der Waals surface area contributed by atoms with E-state index in [1.165, 1.54) is 0 Å². The number of piperidine rings is 1. The Morgan fingerprint density at radius 2 is 2.12 bits per heavy atom. The summed E-state index contributed by atoms with van der Waals surface area (Å²) in [4.78, 5) is 27.2. The maximum atomic E-state index is 12.3. The maximum Gasteiger partial charge on any atom is 0.326 e. The average Bonchev–Trinajstić information content (AvgIpc) is 3.14. The van der Waals surface area contributed by atoms with Crippen LogP contribution in [0, 0.1) is 0 Å². The smallest absolute Gasteiger partial charge is 0.326 e. The van der Waals surface area contributed by atoms with Gasteiger partial charge in [-0.15, -0.1) is 0 Å². The highest BCUT2D eigenvalue weighted by Crippen LogP contribution is 2.33. The van der Waals surface area contributed by atoms with Crippen molar-refractivity contribution in [2.45, 2.75) is 43.9 Å². The molecule has 2 saturated heterocycles. The van der Waals surface area contributed by atoms with Crippen LogP contribution in [0.15, 0.2) is 29.1 Å². The van der Waals surface area contributed by atoms with Gasteiger partial charge in [0.15, 0.2) is 0 Å². The quantitative estimate of drug-likeness (QED) is 0.764. The topological polar surface area (TPSA) is 88.2 Å². The number of nitrogens with one attached hydrogen (secondary N) is 3. The minimum Gasteiger partial charge on any atom is -0.373 e. The normalized spacial score (nSPS) is 22.5. The van der Waals surface area contributed by atoms with Gasteiger partial charge in [-0.1, -0.05) is 12.1 Å². The number of H-pyrrole nitrogens is 1. The Bertz CT molecular complexity index is 819. The third kappa shape index (κ3) is 3.34. The van der Waals surface area contributed by atoms with Crippen LogP contribution in [0.1, 0.15) is 25.7 Å². The molecule has 2 aliphatic heterocycles. The van der Waals surface area contributed by atoms with E-state index in [0.717, 1.165) is 43.4 Å². The number of para-hydroxylation sites is 2. The van der Waals surface area contributed by atoms with Crippen LogP contribution in [0.25, 0.3) is 11.0 Å². The fraction of sp³-hybridized carbons (Fsp3) is 0.556. The number of aromatic nitrogens is 2. The Morgan fingerprint density at radius 3 is 2.96 bits per heavy atom. The number of hydrogen-bond donors (Lipinski definition) is 3. The van der Waals surface area contributed by atoms with Gasteiger partial charge in [-0.3, -0.25) is 9.36 Å². The predicted molar refractivity (Wildman–Crippen MR) is 94.5 cm³/mol. The number of aromatic amines is 1. The average molecular weight is 344 g/mol. The van der Waals surface area contributed by atoms with Gasteiger partial charge >= 0.3 is 5.69 Å². The highest BCUT2D eigenvalue weighted by atomic mass is 16.5. The van der Waals surface area contributed by atoms with Gasteiger partial charge in [0, 0.05) is 13.0 Å². The minimum atomic E-state index is -0.174. The monoisotopic (exact) mass is 344 g/mol. The van der Waals surface area contributed by atoms with Crippen molar-refractivity contribution in [1.82, 2.24) is 20.2 Å². The molecule has 0 bridgehead atoms. The summed E-state index contributed by atoms with van der Waals surface area (Å²) in [6, 6.07) is 7.59. The fourth-order valence-electron chi connectivity index (χ4n) is 4.01. The first kappa shape index (κ1) is 16.4. The lowest BCUT2D eigenvalue weighted by Crippen LogP contribution is -2.43. The van der Waals surface area contributed by atoms with Crippen molar-refractivity contribution in [1.29, 1.82) is 0 Å². The lowest BCUT2D eigenvalue weighted by atomic mass is 9.88. The Kier molecular flexibility index (Phi) is 4.35. The predicted octanol–water partition coefficient (Wildman–Crippen LogP) is 0.747. The van der Waals surface area contributed by atoms with Crippen LogP contribution in [-0.4, -0.2) is 46.8 Å². The molecule has 3 N–H and O–H groups in total. The van der Waals surface area contributed by atoms with Crippen LogP contribution in [0.4, 0.5) is 0 Å². The Hall–Kier alpha value is -2.12. The van der Waals surface area contributed by atoms with Crippen LogP contribution in [0.3, 0.4) is 0 Å². The van der Waals surface area contributed by atoms with E-state index in [2.05, 4.69) is 15.6 Å². The van der Waals surface area contributed by atoms with Crippen LogP contribution in [-0.2, 0) is 16.1 Å². The Balaban J connectivity index is 1.34. The molecule has 2 aromatic rings. The molecule has 2 fully saturated rings. The number of hydrogen-bond acceptors (Lipinski definition) is 4. The molecule has 2 aliphatic rings. The van der Waals surface area contributed by atoms with Gasteiger partial charge in [-0.05, 0) is 44.5 Å². The molecule has 4 rings (SSSR count). The third-order valence-electron chi connectivity index (χ3n) is 5.33. The van der Waals surface area contributed by atoms with Crippen molar-refractivity contribution < 1.29 is 9.53 Å². The molecule has 1 amide bonds. The zero-order chi connectivity index (χ0) is 17.3. The van der Waals surface area contributed by atoms with Crippen molar-refractivity contribution in [2.24, 2.45) is 0 Å². The lowest BCUT2D eigenvalue weighted by Gasteiger charge is -2.32. The molecule has 7 heteroatoms. The van der Waals surface area contributed by atoms with Gasteiger partial charge in [0.2, 0.25) is 5.91 Å². The number of carbonyl (C=O) groups excluding carboxylic acids is 1. The number of fused-ring (bicyclic) bond motifs is 1. The zero-order valence-electron chi connectivity index (χ0n) is 14.2. The number of nitrogens with zero attached hydrogens (tertiary/aromatic N) is 1. The molecule has 0 aliphatic carbocycles. The Labute approximate surface area is 145 Å². The first-order valence-electron chi connectivity index (χ1n) is 8.97. The summed E-state index contributed by atoms with van der Waals surface area (Å²) in [5, 5.41) is 6.42. The van der Waals surface area contributed by atoms with Gasteiger partial charge in [0.25, 0.3) is 0 Å². The number of ether oxygens (including phenoxy) is 1. The fourth-order valence-corrected chi connectivity index (χ4v) is 4.01. The molecule has 1 aromatic heterocycles.